The first-order chi connectivity index (χ1) is 16.5. The summed E-state index contributed by atoms with van der Waals surface area (Å²) in [6.07, 6.45) is -4.88. The van der Waals surface area contributed by atoms with Crippen molar-refractivity contribution in [3.8, 4) is 11.5 Å². The maximum atomic E-state index is 13.0. The standard InChI is InChI=1S/C23H21Cl2F3N2O4S/c1-33-17-5-2-15(3-6-17)13-29-14-22(16-4-11-20(24)21(25)12-16)30-35(31,32)19-9-7-18(8-10-19)34-23(26,27)28/h2-12,22,29-30H,13-14H2,1H3/t22-/m0/s1. The Labute approximate surface area is 211 Å². The van der Waals surface area contributed by atoms with E-state index in [1.54, 1.807) is 25.3 Å². The van der Waals surface area contributed by atoms with Gasteiger partial charge in [0.15, 0.2) is 0 Å². The molecule has 0 aliphatic carbocycles. The lowest BCUT2D eigenvalue weighted by atomic mass is 10.1. The topological polar surface area (TPSA) is 76.7 Å². The molecule has 3 rings (SSSR count). The minimum atomic E-state index is -4.88. The Hall–Kier alpha value is -2.50. The van der Waals surface area contributed by atoms with Gasteiger partial charge in [-0.05, 0) is 59.7 Å². The van der Waals surface area contributed by atoms with Crippen LogP contribution in [-0.2, 0) is 16.6 Å². The summed E-state index contributed by atoms with van der Waals surface area (Å²) in [5.74, 6) is 0.181. The second-order valence-corrected chi connectivity index (χ2v) is 9.87. The van der Waals surface area contributed by atoms with E-state index in [4.69, 9.17) is 27.9 Å². The highest BCUT2D eigenvalue weighted by atomic mass is 35.5. The van der Waals surface area contributed by atoms with Crippen LogP contribution in [0.25, 0.3) is 0 Å². The summed E-state index contributed by atoms with van der Waals surface area (Å²) in [4.78, 5) is -0.229. The van der Waals surface area contributed by atoms with Crippen molar-refractivity contribution >= 4 is 33.2 Å². The molecule has 3 aromatic carbocycles. The van der Waals surface area contributed by atoms with Gasteiger partial charge in [0.2, 0.25) is 10.0 Å². The molecular weight excluding hydrogens is 528 g/mol. The molecular formula is C23H21Cl2F3N2O4S. The number of hydrogen-bond acceptors (Lipinski definition) is 5. The van der Waals surface area contributed by atoms with Crippen LogP contribution in [0.4, 0.5) is 13.2 Å². The molecule has 0 saturated carbocycles. The van der Waals surface area contributed by atoms with E-state index >= 15 is 0 Å². The molecule has 35 heavy (non-hydrogen) atoms. The summed E-state index contributed by atoms with van der Waals surface area (Å²) in [5, 5.41) is 3.75. The van der Waals surface area contributed by atoms with E-state index in [1.165, 1.54) is 0 Å². The van der Waals surface area contributed by atoms with Gasteiger partial charge in [-0.2, -0.15) is 0 Å². The van der Waals surface area contributed by atoms with E-state index in [9.17, 15) is 21.6 Å². The van der Waals surface area contributed by atoms with Crippen LogP contribution >= 0.6 is 23.2 Å². The van der Waals surface area contributed by atoms with E-state index in [0.29, 0.717) is 22.9 Å². The van der Waals surface area contributed by atoms with Crippen LogP contribution in [0.5, 0.6) is 11.5 Å². The van der Waals surface area contributed by atoms with E-state index in [2.05, 4.69) is 14.8 Å². The number of alkyl halides is 3. The third-order valence-corrected chi connectivity index (χ3v) is 7.07. The smallest absolute Gasteiger partial charge is 0.497 e. The predicted octanol–water partition coefficient (Wildman–Crippen LogP) is 5.71. The van der Waals surface area contributed by atoms with Gasteiger partial charge in [0.05, 0.1) is 28.1 Å². The zero-order valence-corrected chi connectivity index (χ0v) is 20.6. The molecule has 0 unspecified atom stereocenters. The molecule has 0 bridgehead atoms. The second-order valence-electron chi connectivity index (χ2n) is 7.35. The highest BCUT2D eigenvalue weighted by molar-refractivity contribution is 7.89. The summed E-state index contributed by atoms with van der Waals surface area (Å²) in [6.45, 7) is 0.617. The van der Waals surface area contributed by atoms with Crippen LogP contribution in [0.2, 0.25) is 10.0 Å². The molecule has 0 saturated heterocycles. The van der Waals surface area contributed by atoms with E-state index in [-0.39, 0.29) is 16.5 Å². The highest BCUT2D eigenvalue weighted by Crippen LogP contribution is 2.28. The van der Waals surface area contributed by atoms with Gasteiger partial charge in [-0.1, -0.05) is 41.4 Å². The zero-order valence-electron chi connectivity index (χ0n) is 18.3. The van der Waals surface area contributed by atoms with Gasteiger partial charge in [-0.15, -0.1) is 13.2 Å². The van der Waals surface area contributed by atoms with E-state index in [1.807, 2.05) is 24.3 Å². The lowest BCUT2D eigenvalue weighted by molar-refractivity contribution is -0.274. The number of sulfonamides is 1. The molecule has 6 nitrogen and oxygen atoms in total. The minimum absolute atomic E-state index is 0.179. The van der Waals surface area contributed by atoms with Crippen molar-refractivity contribution in [3.63, 3.8) is 0 Å². The van der Waals surface area contributed by atoms with Crippen LogP contribution in [0, 0.1) is 0 Å². The molecule has 0 heterocycles. The molecule has 0 amide bonds. The summed E-state index contributed by atoms with van der Waals surface area (Å²) >= 11 is 12.1. The monoisotopic (exact) mass is 548 g/mol. The molecule has 0 aliphatic rings. The first kappa shape index (κ1) is 27.1. The SMILES string of the molecule is COc1ccc(CNC[C@H](NS(=O)(=O)c2ccc(OC(F)(F)F)cc2)c2ccc(Cl)c(Cl)c2)cc1. The van der Waals surface area contributed by atoms with Crippen molar-refractivity contribution in [2.24, 2.45) is 0 Å². The number of methoxy groups -OCH3 is 1. The Balaban J connectivity index is 1.77. The Bertz CT molecular complexity index is 1240. The van der Waals surface area contributed by atoms with Gasteiger partial charge < -0.3 is 14.8 Å². The fourth-order valence-electron chi connectivity index (χ4n) is 3.14. The van der Waals surface area contributed by atoms with Gasteiger partial charge in [-0.25, -0.2) is 13.1 Å². The molecule has 3 aromatic rings. The third kappa shape index (κ3) is 8.01. The van der Waals surface area contributed by atoms with Gasteiger partial charge in [0, 0.05) is 13.1 Å². The first-order valence-corrected chi connectivity index (χ1v) is 12.4. The lowest BCUT2D eigenvalue weighted by Crippen LogP contribution is -2.35. The van der Waals surface area contributed by atoms with Crippen molar-refractivity contribution in [1.82, 2.24) is 10.0 Å². The quantitative estimate of drug-likeness (QED) is 0.339. The highest BCUT2D eigenvalue weighted by Gasteiger charge is 2.31. The number of ether oxygens (including phenoxy) is 2. The molecule has 12 heteroatoms. The molecule has 1 atom stereocenters. The predicted molar refractivity (Wildman–Crippen MR) is 127 cm³/mol. The maximum absolute atomic E-state index is 13.0. The summed E-state index contributed by atoms with van der Waals surface area (Å²) < 4.78 is 74.7. The van der Waals surface area contributed by atoms with Crippen LogP contribution in [0.15, 0.2) is 71.6 Å². The third-order valence-electron chi connectivity index (χ3n) is 4.85. The van der Waals surface area contributed by atoms with Crippen molar-refractivity contribution in [2.75, 3.05) is 13.7 Å². The average molecular weight is 549 g/mol. The van der Waals surface area contributed by atoms with Crippen molar-refractivity contribution < 1.29 is 31.1 Å². The Morgan fingerprint density at radius 2 is 1.54 bits per heavy atom. The van der Waals surface area contributed by atoms with Crippen molar-refractivity contribution in [1.29, 1.82) is 0 Å². The fourth-order valence-corrected chi connectivity index (χ4v) is 4.67. The van der Waals surface area contributed by atoms with Gasteiger partial charge in [0.1, 0.15) is 11.5 Å². The van der Waals surface area contributed by atoms with Gasteiger partial charge in [0.25, 0.3) is 0 Å². The molecule has 0 fully saturated rings. The molecule has 2 N–H and O–H groups in total. The first-order valence-electron chi connectivity index (χ1n) is 10.1. The largest absolute Gasteiger partial charge is 0.573 e. The van der Waals surface area contributed by atoms with Gasteiger partial charge >= 0.3 is 6.36 Å². The second kappa shape index (κ2) is 11.5. The number of halogens is 5. The average Bonchev–Trinajstić information content (AvgIpc) is 2.80. The van der Waals surface area contributed by atoms with Crippen molar-refractivity contribution in [3.05, 3.63) is 87.9 Å². The molecule has 0 aliphatic heterocycles. The number of benzene rings is 3. The Morgan fingerprint density at radius 3 is 2.11 bits per heavy atom. The maximum Gasteiger partial charge on any atom is 0.573 e. The number of nitrogens with one attached hydrogen (secondary N) is 2. The van der Waals surface area contributed by atoms with Crippen molar-refractivity contribution in [2.45, 2.75) is 23.8 Å². The zero-order chi connectivity index (χ0) is 25.6. The minimum Gasteiger partial charge on any atom is -0.497 e. The fraction of sp³-hybridized carbons (Fsp3) is 0.217. The molecule has 0 aromatic heterocycles. The van der Waals surface area contributed by atoms with Crippen LogP contribution in [0.3, 0.4) is 0 Å². The Kier molecular flexibility index (Phi) is 8.89. The van der Waals surface area contributed by atoms with E-state index < -0.39 is 28.2 Å². The summed E-state index contributed by atoms with van der Waals surface area (Å²) in [6, 6.07) is 15.2. The van der Waals surface area contributed by atoms with Crippen LogP contribution < -0.4 is 19.5 Å². The molecule has 0 spiro atoms. The summed E-state index contributed by atoms with van der Waals surface area (Å²) in [7, 11) is -2.55. The van der Waals surface area contributed by atoms with E-state index in [0.717, 1.165) is 29.8 Å². The molecule has 188 valence electrons. The lowest BCUT2D eigenvalue weighted by Gasteiger charge is -2.21. The number of hydrogen-bond donors (Lipinski definition) is 2. The number of rotatable bonds is 10. The van der Waals surface area contributed by atoms with Crippen LogP contribution in [0.1, 0.15) is 17.2 Å². The van der Waals surface area contributed by atoms with Gasteiger partial charge in [-0.3, -0.25) is 0 Å². The van der Waals surface area contributed by atoms with Crippen LogP contribution in [-0.4, -0.2) is 28.4 Å². The summed E-state index contributed by atoms with van der Waals surface area (Å²) in [5.41, 5.74) is 1.49. The molecule has 0 radical (unpaired) electrons. The Morgan fingerprint density at radius 1 is 0.914 bits per heavy atom. The normalized spacial score (nSPS) is 12.9.